The van der Waals surface area contributed by atoms with E-state index >= 15 is 0 Å². The number of anilines is 1. The number of hydrogen-bond acceptors (Lipinski definition) is 11. The molecule has 0 aromatic carbocycles. The number of rotatable bonds is 9. The highest BCUT2D eigenvalue weighted by Crippen LogP contribution is 2.40. The van der Waals surface area contributed by atoms with E-state index in [1.807, 2.05) is 34.3 Å². The molecule has 40 heavy (non-hydrogen) atoms. The predicted octanol–water partition coefficient (Wildman–Crippen LogP) is 1.25. The van der Waals surface area contributed by atoms with Crippen molar-refractivity contribution < 1.29 is 38.8 Å². The Morgan fingerprint density at radius 3 is 2.75 bits per heavy atom. The number of nitrogens with one attached hydrogen (secondary N) is 1. The van der Waals surface area contributed by atoms with Crippen molar-refractivity contribution in [2.75, 3.05) is 11.5 Å². The molecule has 0 bridgehead atoms. The zero-order valence-corrected chi connectivity index (χ0v) is 23.5. The molecule has 1 saturated heterocycles. The van der Waals surface area contributed by atoms with Crippen LogP contribution < -0.4 is 15.6 Å². The number of aliphatic carboxylic acids is 2. The van der Waals surface area contributed by atoms with Crippen LogP contribution in [-0.4, -0.2) is 72.3 Å². The molecular weight excluding hydrogens is 581 g/mol. The number of carbonyl (C=O) groups is 4. The minimum Gasteiger partial charge on any atom is -0.478 e. The smallest absolute Gasteiger partial charge is 0.352 e. The van der Waals surface area contributed by atoms with Crippen molar-refractivity contribution in [3.8, 4) is 0 Å². The number of nitrogens with zero attached hydrogens (tertiary/aromatic N) is 4. The first kappa shape index (κ1) is 27.5. The fraction of sp³-hybridized carbons (Fsp3) is 0.292. The molecule has 1 unspecified atom stereocenters. The fourth-order valence-electron chi connectivity index (χ4n) is 4.15. The van der Waals surface area contributed by atoms with E-state index in [1.54, 1.807) is 11.3 Å². The Bertz CT molecular complexity index is 1610. The van der Waals surface area contributed by atoms with Gasteiger partial charge in [0.2, 0.25) is 11.1 Å². The number of fused-ring (bicyclic) bond motifs is 2. The van der Waals surface area contributed by atoms with Gasteiger partial charge in [-0.3, -0.25) is 14.5 Å². The Morgan fingerprint density at radius 2 is 2.08 bits per heavy atom. The average molecular weight is 604 g/mol. The summed E-state index contributed by atoms with van der Waals surface area (Å²) in [4.78, 5) is 60.5. The lowest BCUT2D eigenvalue weighted by Gasteiger charge is -2.49. The second-order valence-corrected chi connectivity index (χ2v) is 12.3. The summed E-state index contributed by atoms with van der Waals surface area (Å²) in [5.41, 5.74) is 5.03. The quantitative estimate of drug-likeness (QED) is 0.120. The normalized spacial score (nSPS) is 19.3. The maximum atomic E-state index is 13.2. The minimum absolute atomic E-state index is 0.0363. The van der Waals surface area contributed by atoms with Gasteiger partial charge in [0.1, 0.15) is 22.8 Å². The maximum Gasteiger partial charge on any atom is 0.352 e. The number of carboxylic acid groups (broad SMARTS) is 2. The molecule has 1 fully saturated rings. The van der Waals surface area contributed by atoms with E-state index in [2.05, 4.69) is 15.5 Å². The molecule has 2 aliphatic heterocycles. The first-order chi connectivity index (χ1) is 19.0. The van der Waals surface area contributed by atoms with Gasteiger partial charge in [-0.05, 0) is 25.3 Å². The van der Waals surface area contributed by atoms with E-state index in [0.717, 1.165) is 21.6 Å². The molecule has 0 saturated carbocycles. The van der Waals surface area contributed by atoms with Crippen molar-refractivity contribution in [2.45, 2.75) is 37.4 Å². The van der Waals surface area contributed by atoms with Crippen LogP contribution in [0, 0.1) is 0 Å². The van der Waals surface area contributed by atoms with Crippen molar-refractivity contribution in [3.05, 3.63) is 52.1 Å². The van der Waals surface area contributed by atoms with E-state index in [-0.39, 0.29) is 28.8 Å². The Labute approximate surface area is 238 Å². The Morgan fingerprint density at radius 1 is 1.30 bits per heavy atom. The van der Waals surface area contributed by atoms with Crippen molar-refractivity contribution in [1.29, 1.82) is 0 Å². The highest BCUT2D eigenvalue weighted by Gasteiger charge is 2.55. The molecule has 3 aromatic heterocycles. The molecule has 0 aliphatic carbocycles. The van der Waals surface area contributed by atoms with Crippen LogP contribution in [0.5, 0.6) is 0 Å². The van der Waals surface area contributed by atoms with Crippen molar-refractivity contribution in [2.24, 2.45) is 5.16 Å². The molecule has 2 amide bonds. The number of thioether (sulfide) groups is 1. The molecule has 2 aliphatic rings. The lowest BCUT2D eigenvalue weighted by atomic mass is 10.0. The molecule has 13 nitrogen and oxygen atoms in total. The Balaban J connectivity index is 1.38. The highest BCUT2D eigenvalue weighted by molar-refractivity contribution is 8.00. The van der Waals surface area contributed by atoms with E-state index in [4.69, 9.17) is 10.6 Å². The number of nitrogen functional groups attached to an aromatic ring is 1. The van der Waals surface area contributed by atoms with Gasteiger partial charge in [-0.15, -0.1) is 34.4 Å². The second-order valence-electron chi connectivity index (χ2n) is 9.34. The summed E-state index contributed by atoms with van der Waals surface area (Å²) in [5.74, 6) is -3.66. The second kappa shape index (κ2) is 10.5. The largest absolute Gasteiger partial charge is 0.478 e. The van der Waals surface area contributed by atoms with Crippen molar-refractivity contribution in [3.63, 3.8) is 0 Å². The van der Waals surface area contributed by atoms with E-state index < -0.39 is 40.8 Å². The van der Waals surface area contributed by atoms with E-state index in [1.165, 1.54) is 35.9 Å². The summed E-state index contributed by atoms with van der Waals surface area (Å²) in [6.07, 6.45) is 1.86. The van der Waals surface area contributed by atoms with Gasteiger partial charge >= 0.3 is 11.9 Å². The number of amides is 2. The van der Waals surface area contributed by atoms with Crippen molar-refractivity contribution in [1.82, 2.24) is 15.2 Å². The summed E-state index contributed by atoms with van der Waals surface area (Å²) < 4.78 is 2.99. The first-order valence-corrected chi connectivity index (χ1v) is 14.6. The van der Waals surface area contributed by atoms with E-state index in [0.29, 0.717) is 11.3 Å². The highest BCUT2D eigenvalue weighted by atomic mass is 32.2. The SMILES string of the molecule is CC(C)(O/N=C(\C(=O)NC1C(=O)N2C(C(=O)O)=C(C[n+]3cccc4sccc43)CS[C@H]12)c1csc(N)n1)C(=O)O. The van der Waals surface area contributed by atoms with Gasteiger partial charge in [0.15, 0.2) is 23.6 Å². The van der Waals surface area contributed by atoms with Crippen LogP contribution in [0.15, 0.2) is 51.6 Å². The van der Waals surface area contributed by atoms with E-state index in [9.17, 15) is 29.4 Å². The van der Waals surface area contributed by atoms with Gasteiger partial charge in [0, 0.05) is 28.8 Å². The molecule has 5 rings (SSSR count). The summed E-state index contributed by atoms with van der Waals surface area (Å²) >= 11 is 3.94. The van der Waals surface area contributed by atoms with Gasteiger partial charge in [-0.25, -0.2) is 14.6 Å². The van der Waals surface area contributed by atoms with Crippen LogP contribution in [0.3, 0.4) is 0 Å². The van der Waals surface area contributed by atoms with Crippen molar-refractivity contribution >= 4 is 79.2 Å². The van der Waals surface area contributed by atoms with Gasteiger partial charge in [-0.2, -0.15) is 4.57 Å². The standard InChI is InChI=1S/C24H22N6O7S3/c1-24(2,22(35)36)37-28-15(12-10-40-23(25)26-12)18(31)27-16-19(32)30-17(21(33)34)11(9-39-20(16)30)8-29-6-3-4-14-13(29)5-7-38-14/h3-7,10,16,20H,8-9H2,1-2H3,(H4-,25,26,27,31,33,34,35,36)/p+1/b28-15-/t16?,20-/m1/s1. The summed E-state index contributed by atoms with van der Waals surface area (Å²) in [6, 6.07) is 4.77. The summed E-state index contributed by atoms with van der Waals surface area (Å²) in [5, 5.41) is 28.5. The lowest BCUT2D eigenvalue weighted by molar-refractivity contribution is -0.663. The molecule has 2 atom stereocenters. The number of carbonyl (C=O) groups excluding carboxylic acids is 2. The monoisotopic (exact) mass is 603 g/mol. The summed E-state index contributed by atoms with van der Waals surface area (Å²) in [6.45, 7) is 2.80. The molecule has 0 radical (unpaired) electrons. The third-order valence-electron chi connectivity index (χ3n) is 6.25. The van der Waals surface area contributed by atoms with Gasteiger partial charge in [-0.1, -0.05) is 5.16 Å². The molecule has 5 N–H and O–H groups in total. The van der Waals surface area contributed by atoms with Crippen LogP contribution in [0.4, 0.5) is 5.13 Å². The number of carboxylic acids is 2. The topological polar surface area (TPSA) is 188 Å². The molecule has 0 spiro atoms. The third kappa shape index (κ3) is 5.00. The third-order valence-corrected chi connectivity index (χ3v) is 9.14. The number of β-lactam (4-membered cyclic amide) rings is 1. The number of nitrogens with two attached hydrogens (primary N) is 1. The number of hydrogen-bond donors (Lipinski definition) is 4. The van der Waals surface area contributed by atoms with Crippen LogP contribution in [-0.2, 0) is 30.6 Å². The average Bonchev–Trinajstić information content (AvgIpc) is 3.56. The lowest BCUT2D eigenvalue weighted by Crippen LogP contribution is -2.71. The number of thiazole rings is 1. The Hall–Kier alpha value is -4.02. The zero-order chi connectivity index (χ0) is 28.8. The number of aromatic nitrogens is 2. The number of oxime groups is 1. The molecule has 3 aromatic rings. The minimum atomic E-state index is -1.75. The molecule has 208 valence electrons. The number of thiophene rings is 1. The molecule has 5 heterocycles. The van der Waals surface area contributed by atoms with Gasteiger partial charge in [0.25, 0.3) is 11.8 Å². The molecular formula is C24H23N6O7S3+. The summed E-state index contributed by atoms with van der Waals surface area (Å²) in [7, 11) is 0. The zero-order valence-electron chi connectivity index (χ0n) is 21.1. The van der Waals surface area contributed by atoms with Gasteiger partial charge in [0.05, 0.1) is 4.70 Å². The number of pyridine rings is 1. The fourth-order valence-corrected chi connectivity index (χ4v) is 6.84. The van der Waals surface area contributed by atoms with Crippen LogP contribution >= 0.6 is 34.4 Å². The maximum absolute atomic E-state index is 13.2. The predicted molar refractivity (Wildman–Crippen MR) is 148 cm³/mol. The first-order valence-electron chi connectivity index (χ1n) is 11.8. The van der Waals surface area contributed by atoms with Crippen LogP contribution in [0.25, 0.3) is 10.2 Å². The molecule has 16 heteroatoms. The van der Waals surface area contributed by atoms with Crippen LogP contribution in [0.1, 0.15) is 19.5 Å². The van der Waals surface area contributed by atoms with Crippen LogP contribution in [0.2, 0.25) is 0 Å². The van der Waals surface area contributed by atoms with Gasteiger partial charge < -0.3 is 26.1 Å². The Kier molecular flexibility index (Phi) is 7.24.